The average Bonchev–Trinajstić information content (AvgIpc) is 3.36. The Balaban J connectivity index is 0.000000425. The first-order valence-electron chi connectivity index (χ1n) is 13.9. The lowest BCUT2D eigenvalue weighted by Crippen LogP contribution is -2.34. The zero-order valence-electron chi connectivity index (χ0n) is 26.0. The molecule has 0 unspecified atom stereocenters. The van der Waals surface area contributed by atoms with Gasteiger partial charge in [0.05, 0.1) is 26.1 Å². The molecule has 0 fully saturated rings. The highest BCUT2D eigenvalue weighted by Crippen LogP contribution is 2.27. The van der Waals surface area contributed by atoms with Crippen molar-refractivity contribution < 1.29 is 50.4 Å². The molecule has 1 aromatic heterocycles. The number of quaternary nitrogens is 1. The number of hydrogen-bond acceptors (Lipinski definition) is 7. The van der Waals surface area contributed by atoms with Crippen molar-refractivity contribution in [2.24, 2.45) is 5.73 Å². The molecular weight excluding hydrogens is 666 g/mol. The summed E-state index contributed by atoms with van der Waals surface area (Å²) in [7, 11) is 6.27. The summed E-state index contributed by atoms with van der Waals surface area (Å²) in [6.07, 6.45) is -11.2. The molecule has 4 N–H and O–H groups in total. The zero-order chi connectivity index (χ0) is 36.9. The van der Waals surface area contributed by atoms with Crippen LogP contribution in [0.1, 0.15) is 27.2 Å². The lowest BCUT2D eigenvalue weighted by molar-refractivity contribution is -0.384. The maximum atomic E-state index is 13.3. The van der Waals surface area contributed by atoms with Gasteiger partial charge in [0.1, 0.15) is 17.2 Å². The second kappa shape index (κ2) is 14.5. The number of amides is 1. The number of ether oxygens (including phenoxy) is 1. The monoisotopic (exact) mass is 695 g/mol. The molecule has 49 heavy (non-hydrogen) atoms. The number of hydrogen-bond donors (Lipinski definition) is 3. The second-order valence-electron chi connectivity index (χ2n) is 11.3. The Labute approximate surface area is 273 Å². The number of halogens is 6. The highest BCUT2D eigenvalue weighted by Gasteiger charge is 2.49. The number of esters is 2. The second-order valence-corrected chi connectivity index (χ2v) is 11.3. The number of non-ortho nitro benzene ring substituents is 1. The molecular formula is C31H29F6N6O6+. The normalized spacial score (nSPS) is 11.7. The number of nitrogen functional groups attached to an aromatic ring is 1. The van der Waals surface area contributed by atoms with E-state index in [0.29, 0.717) is 39.7 Å². The van der Waals surface area contributed by atoms with E-state index in [2.05, 4.69) is 31.2 Å². The minimum Gasteiger partial charge on any atom is -0.384 e. The van der Waals surface area contributed by atoms with E-state index in [-0.39, 0.29) is 17.4 Å². The standard InChI is InChI=1S/C27H28N6O3.C4F6O3/c1-33(2,3)23-10-7-18(8-11-23)16-30-27(34)25-15-21-14-22(32(35)36)9-12-24(21)31(25)17-19-5-4-6-20(13-19)26(28)29;5-3(6,7)1(11)13-2(12)4(8,9)10/h4-15H,16-17H2,1-3H3,(H3-,28,29,30,34);/p+1. The van der Waals surface area contributed by atoms with Gasteiger partial charge < -0.3 is 20.4 Å². The summed E-state index contributed by atoms with van der Waals surface area (Å²) in [4.78, 5) is 43.4. The van der Waals surface area contributed by atoms with Crippen LogP contribution < -0.4 is 15.5 Å². The summed E-state index contributed by atoms with van der Waals surface area (Å²) >= 11 is 0. The molecule has 0 saturated heterocycles. The minimum absolute atomic E-state index is 0.0393. The molecule has 4 aromatic rings. The highest BCUT2D eigenvalue weighted by atomic mass is 19.4. The number of aromatic nitrogens is 1. The van der Waals surface area contributed by atoms with Gasteiger partial charge in [-0.3, -0.25) is 24.8 Å². The van der Waals surface area contributed by atoms with Gasteiger partial charge in [-0.1, -0.05) is 30.3 Å². The van der Waals surface area contributed by atoms with Crippen LogP contribution in [0.4, 0.5) is 37.7 Å². The van der Waals surface area contributed by atoms with E-state index in [1.165, 1.54) is 12.1 Å². The molecule has 0 atom stereocenters. The molecule has 0 aliphatic rings. The Hall–Kier alpha value is -5.78. The molecule has 0 radical (unpaired) electrons. The molecule has 18 heteroatoms. The molecule has 1 heterocycles. The van der Waals surface area contributed by atoms with Crippen LogP contribution >= 0.6 is 0 Å². The number of nitrogens with one attached hydrogen (secondary N) is 2. The van der Waals surface area contributed by atoms with E-state index in [4.69, 9.17) is 11.1 Å². The smallest absolute Gasteiger partial charge is 0.384 e. The zero-order valence-corrected chi connectivity index (χ0v) is 26.0. The van der Waals surface area contributed by atoms with Crippen molar-refractivity contribution >= 4 is 46.0 Å². The van der Waals surface area contributed by atoms with Crippen LogP contribution in [-0.2, 0) is 27.4 Å². The lowest BCUT2D eigenvalue weighted by atomic mass is 10.1. The number of alkyl halides is 6. The summed E-state index contributed by atoms with van der Waals surface area (Å²) in [5.74, 6) is -6.73. The van der Waals surface area contributed by atoms with Crippen LogP contribution in [-0.4, -0.2) is 66.7 Å². The van der Waals surface area contributed by atoms with Gasteiger partial charge in [-0.05, 0) is 41.5 Å². The molecule has 0 saturated carbocycles. The van der Waals surface area contributed by atoms with Gasteiger partial charge >= 0.3 is 24.3 Å². The lowest BCUT2D eigenvalue weighted by Gasteiger charge is -2.23. The molecule has 0 aliphatic heterocycles. The average molecular weight is 696 g/mol. The molecule has 12 nitrogen and oxygen atoms in total. The molecule has 0 bridgehead atoms. The molecule has 260 valence electrons. The number of amidine groups is 1. The first-order chi connectivity index (χ1) is 22.6. The quantitative estimate of drug-likeness (QED) is 0.0333. The Kier molecular flexibility index (Phi) is 11.2. The fourth-order valence-corrected chi connectivity index (χ4v) is 4.28. The highest BCUT2D eigenvalue weighted by molar-refractivity contribution is 5.99. The number of fused-ring (bicyclic) bond motifs is 1. The van der Waals surface area contributed by atoms with Crippen molar-refractivity contribution in [3.8, 4) is 0 Å². The maximum absolute atomic E-state index is 13.3. The van der Waals surface area contributed by atoms with Gasteiger partial charge in [0.15, 0.2) is 0 Å². The molecule has 1 amide bonds. The number of carbonyl (C=O) groups is 3. The number of nitrogens with zero attached hydrogens (tertiary/aromatic N) is 3. The van der Waals surface area contributed by atoms with Crippen molar-refractivity contribution in [3.63, 3.8) is 0 Å². The summed E-state index contributed by atoms with van der Waals surface area (Å²) in [5, 5.41) is 22.6. The third-order valence-corrected chi connectivity index (χ3v) is 6.72. The van der Waals surface area contributed by atoms with Crippen LogP contribution in [0.25, 0.3) is 10.9 Å². The number of nitro groups is 1. The minimum atomic E-state index is -5.62. The van der Waals surface area contributed by atoms with E-state index < -0.39 is 29.2 Å². The van der Waals surface area contributed by atoms with Gasteiger partial charge in [0.2, 0.25) is 0 Å². The first-order valence-corrected chi connectivity index (χ1v) is 13.9. The van der Waals surface area contributed by atoms with Crippen LogP contribution in [0.5, 0.6) is 0 Å². The Morgan fingerprint density at radius 2 is 1.49 bits per heavy atom. The molecule has 3 aromatic carbocycles. The first kappa shape index (κ1) is 37.7. The van der Waals surface area contributed by atoms with E-state index >= 15 is 0 Å². The SMILES string of the molecule is C[N+](C)(C)c1ccc(CNC(=O)c2cc3cc([N+](=O)[O-])ccc3n2Cc2cccc(C(=N)N)c2)cc1.O=C(OC(=O)C(F)(F)F)C(F)(F)F. The van der Waals surface area contributed by atoms with Gasteiger partial charge in [-0.2, -0.15) is 26.3 Å². The largest absolute Gasteiger partial charge is 0.491 e. The van der Waals surface area contributed by atoms with Crippen LogP contribution in [0.15, 0.2) is 72.8 Å². The summed E-state index contributed by atoms with van der Waals surface area (Å²) < 4.78 is 72.2. The Bertz CT molecular complexity index is 1870. The van der Waals surface area contributed by atoms with Gasteiger partial charge in [-0.25, -0.2) is 9.59 Å². The van der Waals surface area contributed by atoms with Crippen molar-refractivity contribution in [2.75, 3.05) is 21.1 Å². The number of carbonyl (C=O) groups excluding carboxylic acids is 3. The fourth-order valence-electron chi connectivity index (χ4n) is 4.28. The van der Waals surface area contributed by atoms with Crippen LogP contribution in [0.3, 0.4) is 0 Å². The summed E-state index contributed by atoms with van der Waals surface area (Å²) in [6, 6.07) is 21.5. The Morgan fingerprint density at radius 3 is 2.00 bits per heavy atom. The molecule has 4 rings (SSSR count). The number of nitrogens with two attached hydrogens (primary N) is 1. The number of benzene rings is 3. The van der Waals surface area contributed by atoms with E-state index in [1.54, 1.807) is 24.3 Å². The summed E-state index contributed by atoms with van der Waals surface area (Å²) in [6.45, 7) is 0.682. The van der Waals surface area contributed by atoms with E-state index in [9.17, 15) is 50.8 Å². The van der Waals surface area contributed by atoms with E-state index in [1.807, 2.05) is 41.0 Å². The van der Waals surface area contributed by atoms with Crippen molar-refractivity contribution in [2.45, 2.75) is 25.4 Å². The van der Waals surface area contributed by atoms with Crippen LogP contribution in [0.2, 0.25) is 0 Å². The molecule has 0 aliphatic carbocycles. The van der Waals surface area contributed by atoms with Gasteiger partial charge in [0.25, 0.3) is 11.6 Å². The van der Waals surface area contributed by atoms with Crippen LogP contribution in [0, 0.1) is 15.5 Å². The Morgan fingerprint density at radius 1 is 0.898 bits per heavy atom. The van der Waals surface area contributed by atoms with Gasteiger partial charge in [-0.15, -0.1) is 0 Å². The summed E-state index contributed by atoms with van der Waals surface area (Å²) in [5.41, 5.74) is 10.3. The maximum Gasteiger partial charge on any atom is 0.491 e. The van der Waals surface area contributed by atoms with Crippen molar-refractivity contribution in [3.05, 3.63) is 105 Å². The molecule has 0 spiro atoms. The number of rotatable bonds is 8. The van der Waals surface area contributed by atoms with E-state index in [0.717, 1.165) is 16.8 Å². The third kappa shape index (κ3) is 10.1. The van der Waals surface area contributed by atoms with Crippen molar-refractivity contribution in [1.29, 1.82) is 5.41 Å². The predicted molar refractivity (Wildman–Crippen MR) is 166 cm³/mol. The number of nitro benzene ring substituents is 1. The predicted octanol–water partition coefficient (Wildman–Crippen LogP) is 5.19. The third-order valence-electron chi connectivity index (χ3n) is 6.72. The topological polar surface area (TPSA) is 170 Å². The van der Waals surface area contributed by atoms with Gasteiger partial charge in [0, 0.05) is 41.7 Å². The van der Waals surface area contributed by atoms with Crippen molar-refractivity contribution in [1.82, 2.24) is 14.4 Å². The fraction of sp³-hybridized carbons (Fsp3) is 0.226.